The largest absolute Gasteiger partial charge is 0.465 e. The van der Waals surface area contributed by atoms with Gasteiger partial charge in [-0.2, -0.15) is 0 Å². The van der Waals surface area contributed by atoms with E-state index < -0.39 is 5.97 Å². The van der Waals surface area contributed by atoms with Crippen LogP contribution < -0.4 is 0 Å². The van der Waals surface area contributed by atoms with Gasteiger partial charge in [0.15, 0.2) is 10.0 Å². The number of esters is 1. The number of rotatable bonds is 3. The highest BCUT2D eigenvalue weighted by Crippen LogP contribution is 2.25. The van der Waals surface area contributed by atoms with Crippen LogP contribution in [0.25, 0.3) is 0 Å². The Morgan fingerprint density at radius 2 is 2.35 bits per heavy atom. The molecule has 0 unspecified atom stereocenters. The molecular formula is C11H9ClN2O2S. The van der Waals surface area contributed by atoms with Crippen molar-refractivity contribution in [2.45, 2.75) is 6.42 Å². The number of thiazole rings is 1. The van der Waals surface area contributed by atoms with Crippen LogP contribution >= 0.6 is 22.9 Å². The lowest BCUT2D eigenvalue weighted by atomic mass is 10.3. The second-order valence-electron chi connectivity index (χ2n) is 3.22. The van der Waals surface area contributed by atoms with Crippen molar-refractivity contribution in [3.8, 4) is 0 Å². The number of nitrogens with zero attached hydrogens (tertiary/aromatic N) is 2. The normalized spacial score (nSPS) is 10.2. The van der Waals surface area contributed by atoms with E-state index in [-0.39, 0.29) is 5.15 Å². The van der Waals surface area contributed by atoms with Crippen molar-refractivity contribution in [2.24, 2.45) is 0 Å². The predicted molar refractivity (Wildman–Crippen MR) is 65.5 cm³/mol. The van der Waals surface area contributed by atoms with E-state index in [0.29, 0.717) is 11.3 Å². The van der Waals surface area contributed by atoms with Gasteiger partial charge in [-0.3, -0.25) is 4.98 Å². The van der Waals surface area contributed by atoms with Crippen LogP contribution in [0.5, 0.6) is 0 Å². The third-order valence-corrected chi connectivity index (χ3v) is 3.48. The van der Waals surface area contributed by atoms with Crippen molar-refractivity contribution in [3.63, 3.8) is 0 Å². The summed E-state index contributed by atoms with van der Waals surface area (Å²) in [5, 5.41) is 0.932. The summed E-state index contributed by atoms with van der Waals surface area (Å²) < 4.78 is 4.61. The summed E-state index contributed by atoms with van der Waals surface area (Å²) in [6, 6.07) is 5.64. The average Bonchev–Trinajstić information content (AvgIpc) is 2.70. The summed E-state index contributed by atoms with van der Waals surface area (Å²) in [4.78, 5) is 20.0. The van der Waals surface area contributed by atoms with E-state index in [1.165, 1.54) is 18.4 Å². The number of ether oxygens (including phenoxy) is 1. The SMILES string of the molecule is COC(=O)c1sc(Cc2ccccn2)nc1Cl. The standard InChI is InChI=1S/C11H9ClN2O2S/c1-16-11(15)9-10(12)14-8(17-9)6-7-4-2-3-5-13-7/h2-5H,6H2,1H3. The molecule has 4 nitrogen and oxygen atoms in total. The first-order valence-corrected chi connectivity index (χ1v) is 6.03. The number of carbonyl (C=O) groups excluding carboxylic acids is 1. The molecule has 0 saturated heterocycles. The molecule has 0 radical (unpaired) electrons. The minimum Gasteiger partial charge on any atom is -0.465 e. The Morgan fingerprint density at radius 3 is 3.00 bits per heavy atom. The molecule has 0 fully saturated rings. The molecule has 2 aromatic heterocycles. The maximum Gasteiger partial charge on any atom is 0.351 e. The summed E-state index contributed by atoms with van der Waals surface area (Å²) in [5.41, 5.74) is 0.884. The Labute approximate surface area is 107 Å². The highest BCUT2D eigenvalue weighted by molar-refractivity contribution is 7.14. The van der Waals surface area contributed by atoms with Gasteiger partial charge in [-0.05, 0) is 12.1 Å². The van der Waals surface area contributed by atoms with Crippen molar-refractivity contribution in [3.05, 3.63) is 45.1 Å². The van der Waals surface area contributed by atoms with E-state index in [0.717, 1.165) is 10.7 Å². The highest BCUT2D eigenvalue weighted by atomic mass is 35.5. The molecule has 0 N–H and O–H groups in total. The second-order valence-corrected chi connectivity index (χ2v) is 4.66. The molecule has 0 spiro atoms. The molecule has 2 rings (SSSR count). The Hall–Kier alpha value is -1.46. The van der Waals surface area contributed by atoms with E-state index in [1.807, 2.05) is 18.2 Å². The first-order valence-electron chi connectivity index (χ1n) is 4.84. The fourth-order valence-electron chi connectivity index (χ4n) is 1.29. The zero-order chi connectivity index (χ0) is 12.3. The number of carbonyl (C=O) groups is 1. The van der Waals surface area contributed by atoms with Crippen molar-refractivity contribution >= 4 is 28.9 Å². The minimum absolute atomic E-state index is 0.188. The van der Waals surface area contributed by atoms with Crippen LogP contribution in [0, 0.1) is 0 Å². The molecule has 0 aliphatic rings. The summed E-state index contributed by atoms with van der Waals surface area (Å²) in [7, 11) is 1.32. The minimum atomic E-state index is -0.459. The molecule has 0 aromatic carbocycles. The van der Waals surface area contributed by atoms with E-state index in [9.17, 15) is 4.79 Å². The zero-order valence-electron chi connectivity index (χ0n) is 9.01. The quantitative estimate of drug-likeness (QED) is 0.803. The number of pyridine rings is 1. The smallest absolute Gasteiger partial charge is 0.351 e. The lowest BCUT2D eigenvalue weighted by Gasteiger charge is -1.94. The molecular weight excluding hydrogens is 260 g/mol. The summed E-state index contributed by atoms with van der Waals surface area (Å²) in [5.74, 6) is -0.459. The van der Waals surface area contributed by atoms with E-state index in [4.69, 9.17) is 11.6 Å². The van der Waals surface area contributed by atoms with E-state index in [2.05, 4.69) is 14.7 Å². The van der Waals surface area contributed by atoms with Gasteiger partial charge < -0.3 is 4.74 Å². The number of hydrogen-bond donors (Lipinski definition) is 0. The molecule has 0 aliphatic heterocycles. The van der Waals surface area contributed by atoms with Gasteiger partial charge in [0.25, 0.3) is 0 Å². The van der Waals surface area contributed by atoms with Crippen molar-refractivity contribution in [1.29, 1.82) is 0 Å². The van der Waals surface area contributed by atoms with Crippen molar-refractivity contribution < 1.29 is 9.53 Å². The van der Waals surface area contributed by atoms with Crippen molar-refractivity contribution in [2.75, 3.05) is 7.11 Å². The molecule has 6 heteroatoms. The monoisotopic (exact) mass is 268 g/mol. The first-order chi connectivity index (χ1) is 8.20. The summed E-state index contributed by atoms with van der Waals surface area (Å²) in [6.45, 7) is 0. The lowest BCUT2D eigenvalue weighted by Crippen LogP contribution is -1.98. The van der Waals surface area contributed by atoms with Crippen molar-refractivity contribution in [1.82, 2.24) is 9.97 Å². The Balaban J connectivity index is 2.21. The van der Waals surface area contributed by atoms with Gasteiger partial charge in [0.05, 0.1) is 7.11 Å². The van der Waals surface area contributed by atoms with E-state index >= 15 is 0 Å². The van der Waals surface area contributed by atoms with Crippen LogP contribution in [-0.4, -0.2) is 23.0 Å². The molecule has 0 amide bonds. The van der Waals surface area contributed by atoms with Gasteiger partial charge in [0.1, 0.15) is 5.01 Å². The molecule has 88 valence electrons. The molecule has 0 saturated carbocycles. The van der Waals surface area contributed by atoms with Crippen LogP contribution in [0.3, 0.4) is 0 Å². The van der Waals surface area contributed by atoms with Gasteiger partial charge in [-0.15, -0.1) is 11.3 Å². The molecule has 2 heterocycles. The number of aromatic nitrogens is 2. The molecule has 0 atom stereocenters. The lowest BCUT2D eigenvalue weighted by molar-refractivity contribution is 0.0606. The average molecular weight is 269 g/mol. The number of methoxy groups -OCH3 is 1. The first kappa shape index (κ1) is 12.0. The van der Waals surface area contributed by atoms with Crippen LogP contribution in [0.15, 0.2) is 24.4 Å². The van der Waals surface area contributed by atoms with Gasteiger partial charge >= 0.3 is 5.97 Å². The number of hydrogen-bond acceptors (Lipinski definition) is 5. The van der Waals surface area contributed by atoms with Crippen LogP contribution in [0.1, 0.15) is 20.4 Å². The molecule has 2 aromatic rings. The highest BCUT2D eigenvalue weighted by Gasteiger charge is 2.17. The van der Waals surface area contributed by atoms with Gasteiger partial charge in [0, 0.05) is 18.3 Å². The Kier molecular flexibility index (Phi) is 3.71. The Morgan fingerprint density at radius 1 is 1.53 bits per heavy atom. The fourth-order valence-corrected chi connectivity index (χ4v) is 2.53. The second kappa shape index (κ2) is 5.25. The maximum atomic E-state index is 11.3. The predicted octanol–water partition coefficient (Wildman–Crippen LogP) is 2.57. The topological polar surface area (TPSA) is 52.1 Å². The van der Waals surface area contributed by atoms with Crippen LogP contribution in [-0.2, 0) is 11.2 Å². The van der Waals surface area contributed by atoms with Crippen LogP contribution in [0.2, 0.25) is 5.15 Å². The summed E-state index contributed by atoms with van der Waals surface area (Å²) >= 11 is 7.09. The number of halogens is 1. The van der Waals surface area contributed by atoms with Crippen LogP contribution in [0.4, 0.5) is 0 Å². The maximum absolute atomic E-state index is 11.3. The van der Waals surface area contributed by atoms with Gasteiger partial charge in [0.2, 0.25) is 0 Å². The van der Waals surface area contributed by atoms with E-state index in [1.54, 1.807) is 6.20 Å². The Bertz CT molecular complexity index is 528. The molecule has 0 aliphatic carbocycles. The third-order valence-electron chi connectivity index (χ3n) is 2.06. The summed E-state index contributed by atoms with van der Waals surface area (Å²) in [6.07, 6.45) is 2.27. The third kappa shape index (κ3) is 2.81. The molecule has 17 heavy (non-hydrogen) atoms. The fraction of sp³-hybridized carbons (Fsp3) is 0.182. The molecule has 0 bridgehead atoms. The van der Waals surface area contributed by atoms with Gasteiger partial charge in [-0.1, -0.05) is 17.7 Å². The van der Waals surface area contributed by atoms with Gasteiger partial charge in [-0.25, -0.2) is 9.78 Å². The zero-order valence-corrected chi connectivity index (χ0v) is 10.6.